The molecule has 0 aromatic carbocycles. The van der Waals surface area contributed by atoms with E-state index in [4.69, 9.17) is 19.6 Å². The number of rotatable bonds is 7. The van der Waals surface area contributed by atoms with Crippen LogP contribution in [0.15, 0.2) is 0 Å². The van der Waals surface area contributed by atoms with Crippen molar-refractivity contribution in [1.82, 2.24) is 15.0 Å². The fraction of sp³-hybridized carbons (Fsp3) is 0.625. The Balaban J connectivity index is 3.12. The van der Waals surface area contributed by atoms with Gasteiger partial charge in [-0.25, -0.2) is 14.7 Å². The molecular weight excluding hydrogens is 244 g/mol. The number of hydroxylamine groups is 1. The molecule has 0 radical (unpaired) electrons. The molecule has 0 atom stereocenters. The molecule has 0 saturated heterocycles. The third-order valence-corrected chi connectivity index (χ3v) is 1.90. The average molecular weight is 260 g/mol. The van der Waals surface area contributed by atoms with E-state index in [2.05, 4.69) is 20.3 Å². The number of aliphatic hydroxyl groups excluding tert-OH is 1. The van der Waals surface area contributed by atoms with Crippen LogP contribution in [0.5, 0.6) is 0 Å². The van der Waals surface area contributed by atoms with Crippen molar-refractivity contribution in [2.45, 2.75) is 0 Å². The molecule has 0 aliphatic carbocycles. The van der Waals surface area contributed by atoms with Crippen LogP contribution >= 0.6 is 0 Å². The second-order valence-electron chi connectivity index (χ2n) is 2.90. The van der Waals surface area contributed by atoms with Crippen LogP contribution in [0.25, 0.3) is 0 Å². The Hall–Kier alpha value is -1.75. The molecule has 1 aromatic rings. The van der Waals surface area contributed by atoms with E-state index < -0.39 is 0 Å². The van der Waals surface area contributed by atoms with Crippen molar-refractivity contribution >= 4 is 17.8 Å². The standard InChI is InChI=1S/C8H16N6O4/c1-13(16-2)7-10-6(9-5-15)11-8(12-7)14(17-3)18-4/h15H,5H2,1-4H3,(H,9,10,11,12). The van der Waals surface area contributed by atoms with E-state index in [-0.39, 0.29) is 24.6 Å². The zero-order chi connectivity index (χ0) is 13.5. The van der Waals surface area contributed by atoms with Crippen LogP contribution in [-0.4, -0.2) is 55.2 Å². The van der Waals surface area contributed by atoms with Gasteiger partial charge in [0.25, 0.3) is 11.9 Å². The number of nitrogens with zero attached hydrogens (tertiary/aromatic N) is 5. The number of hydrogen-bond acceptors (Lipinski definition) is 10. The number of aliphatic hydroxyl groups is 1. The summed E-state index contributed by atoms with van der Waals surface area (Å²) in [5.74, 6) is 0.475. The largest absolute Gasteiger partial charge is 0.376 e. The number of hydrogen-bond donors (Lipinski definition) is 2. The summed E-state index contributed by atoms with van der Waals surface area (Å²) >= 11 is 0. The van der Waals surface area contributed by atoms with Crippen molar-refractivity contribution in [3.8, 4) is 0 Å². The molecule has 10 heteroatoms. The van der Waals surface area contributed by atoms with E-state index in [0.717, 1.165) is 5.23 Å². The Morgan fingerprint density at radius 1 is 1.06 bits per heavy atom. The minimum Gasteiger partial charge on any atom is -0.376 e. The van der Waals surface area contributed by atoms with Gasteiger partial charge in [0.2, 0.25) is 5.95 Å². The first-order valence-corrected chi connectivity index (χ1v) is 4.93. The van der Waals surface area contributed by atoms with Crippen molar-refractivity contribution in [3.05, 3.63) is 0 Å². The highest BCUT2D eigenvalue weighted by molar-refractivity contribution is 5.41. The zero-order valence-corrected chi connectivity index (χ0v) is 10.6. The minimum absolute atomic E-state index is 0.102. The van der Waals surface area contributed by atoms with Crippen molar-refractivity contribution in [2.24, 2.45) is 0 Å². The highest BCUT2D eigenvalue weighted by atomic mass is 16.9. The zero-order valence-electron chi connectivity index (χ0n) is 10.6. The van der Waals surface area contributed by atoms with Gasteiger partial charge in [0.05, 0.1) is 21.3 Å². The number of nitrogens with one attached hydrogen (secondary N) is 1. The van der Waals surface area contributed by atoms with Gasteiger partial charge in [-0.15, -0.1) is 0 Å². The molecule has 0 saturated carbocycles. The Kier molecular flexibility index (Phi) is 5.45. The van der Waals surface area contributed by atoms with E-state index in [1.165, 1.54) is 26.4 Å². The fourth-order valence-electron chi connectivity index (χ4n) is 1.05. The third-order valence-electron chi connectivity index (χ3n) is 1.90. The van der Waals surface area contributed by atoms with E-state index in [0.29, 0.717) is 0 Å². The van der Waals surface area contributed by atoms with Crippen molar-refractivity contribution in [2.75, 3.05) is 50.7 Å². The SMILES string of the molecule is CON(C)c1nc(NCO)nc(N(OC)OC)n1. The lowest BCUT2D eigenvalue weighted by molar-refractivity contribution is -0.0471. The van der Waals surface area contributed by atoms with Crippen LogP contribution in [-0.2, 0) is 14.5 Å². The van der Waals surface area contributed by atoms with Gasteiger partial charge < -0.3 is 10.4 Å². The molecule has 2 N–H and O–H groups in total. The average Bonchev–Trinajstić information content (AvgIpc) is 2.39. The van der Waals surface area contributed by atoms with Crippen molar-refractivity contribution in [1.29, 1.82) is 0 Å². The molecule has 1 rings (SSSR count). The van der Waals surface area contributed by atoms with Gasteiger partial charge in [0, 0.05) is 7.05 Å². The monoisotopic (exact) mass is 260 g/mol. The predicted molar refractivity (Wildman–Crippen MR) is 62.4 cm³/mol. The fourth-order valence-corrected chi connectivity index (χ4v) is 1.05. The maximum Gasteiger partial charge on any atom is 0.284 e. The van der Waals surface area contributed by atoms with Crippen molar-refractivity contribution in [3.63, 3.8) is 0 Å². The molecule has 0 aliphatic heterocycles. The summed E-state index contributed by atoms with van der Waals surface area (Å²) in [6, 6.07) is 0. The summed E-state index contributed by atoms with van der Waals surface area (Å²) in [6.07, 6.45) is 0. The highest BCUT2D eigenvalue weighted by Gasteiger charge is 2.15. The van der Waals surface area contributed by atoms with E-state index in [1.54, 1.807) is 7.05 Å². The van der Waals surface area contributed by atoms with Gasteiger partial charge in [0.1, 0.15) is 6.73 Å². The molecule has 102 valence electrons. The first kappa shape index (κ1) is 14.3. The first-order valence-electron chi connectivity index (χ1n) is 4.93. The van der Waals surface area contributed by atoms with E-state index in [9.17, 15) is 0 Å². The van der Waals surface area contributed by atoms with Crippen LogP contribution in [0, 0.1) is 0 Å². The molecule has 10 nitrogen and oxygen atoms in total. The summed E-state index contributed by atoms with van der Waals surface area (Å²) in [5.41, 5.74) is 0. The molecule has 0 bridgehead atoms. The maximum absolute atomic E-state index is 8.82. The second-order valence-corrected chi connectivity index (χ2v) is 2.90. The van der Waals surface area contributed by atoms with Crippen LogP contribution < -0.4 is 15.6 Å². The Bertz CT molecular complexity index is 375. The minimum atomic E-state index is -0.320. The van der Waals surface area contributed by atoms with Crippen LogP contribution in [0.4, 0.5) is 17.8 Å². The molecule has 0 aliphatic rings. The summed E-state index contributed by atoms with van der Waals surface area (Å²) in [4.78, 5) is 26.8. The number of anilines is 3. The summed E-state index contributed by atoms with van der Waals surface area (Å²) in [7, 11) is 5.87. The number of aromatic nitrogens is 3. The lowest BCUT2D eigenvalue weighted by atomic mass is 10.8. The quantitative estimate of drug-likeness (QED) is 0.476. The van der Waals surface area contributed by atoms with Crippen LogP contribution in [0.1, 0.15) is 0 Å². The maximum atomic E-state index is 8.82. The van der Waals surface area contributed by atoms with Gasteiger partial charge in [-0.1, -0.05) is 5.23 Å². The van der Waals surface area contributed by atoms with E-state index in [1.807, 2.05) is 0 Å². The molecule has 0 fully saturated rings. The predicted octanol–water partition coefficient (Wildman–Crippen LogP) is -0.840. The molecule has 0 amide bonds. The Labute approximate surface area is 104 Å². The van der Waals surface area contributed by atoms with Crippen LogP contribution in [0.3, 0.4) is 0 Å². The molecule has 1 aromatic heterocycles. The van der Waals surface area contributed by atoms with Gasteiger partial charge >= 0.3 is 0 Å². The second kappa shape index (κ2) is 6.86. The summed E-state index contributed by atoms with van der Waals surface area (Å²) in [6.45, 7) is -0.320. The van der Waals surface area contributed by atoms with Gasteiger partial charge in [-0.3, -0.25) is 4.84 Å². The van der Waals surface area contributed by atoms with Crippen LogP contribution in [0.2, 0.25) is 0 Å². The summed E-state index contributed by atoms with van der Waals surface area (Å²) < 4.78 is 0. The first-order chi connectivity index (χ1) is 8.65. The molecule has 0 spiro atoms. The van der Waals surface area contributed by atoms with Gasteiger partial charge in [-0.05, 0) is 0 Å². The van der Waals surface area contributed by atoms with Crippen molar-refractivity contribution < 1.29 is 19.6 Å². The Morgan fingerprint density at radius 2 is 1.67 bits per heavy atom. The molecular formula is C8H16N6O4. The lowest BCUT2D eigenvalue weighted by Crippen LogP contribution is -2.26. The lowest BCUT2D eigenvalue weighted by Gasteiger charge is -2.19. The Morgan fingerprint density at radius 3 is 2.17 bits per heavy atom. The summed E-state index contributed by atoms with van der Waals surface area (Å²) in [5, 5.41) is 13.7. The molecule has 0 unspecified atom stereocenters. The normalized spacial score (nSPS) is 10.3. The van der Waals surface area contributed by atoms with E-state index >= 15 is 0 Å². The van der Waals surface area contributed by atoms with Gasteiger partial charge in [-0.2, -0.15) is 15.0 Å². The highest BCUT2D eigenvalue weighted by Crippen LogP contribution is 2.15. The topological polar surface area (TPSA) is 105 Å². The molecule has 1 heterocycles. The third kappa shape index (κ3) is 3.37. The van der Waals surface area contributed by atoms with Gasteiger partial charge in [0.15, 0.2) is 0 Å². The smallest absolute Gasteiger partial charge is 0.284 e. The molecule has 18 heavy (non-hydrogen) atoms.